The molecule has 0 aliphatic rings. The van der Waals surface area contributed by atoms with Crippen LogP contribution in [0.4, 0.5) is 5.82 Å². The maximum absolute atomic E-state index is 13.9. The van der Waals surface area contributed by atoms with Crippen LogP contribution in [0.3, 0.4) is 0 Å². The highest BCUT2D eigenvalue weighted by Gasteiger charge is 2.24. The Hall–Kier alpha value is -5.01. The first-order valence-corrected chi connectivity index (χ1v) is 11.5. The lowest BCUT2D eigenvalue weighted by molar-refractivity contribution is 0.0940. The minimum atomic E-state index is -0.675. The van der Waals surface area contributed by atoms with E-state index in [1.54, 1.807) is 62.8 Å². The number of benzene rings is 2. The number of hydrogen-bond acceptors (Lipinski definition) is 7. The van der Waals surface area contributed by atoms with E-state index in [0.29, 0.717) is 33.6 Å². The fourth-order valence-corrected chi connectivity index (χ4v) is 4.13. The van der Waals surface area contributed by atoms with Crippen molar-refractivity contribution in [2.45, 2.75) is 13.0 Å². The van der Waals surface area contributed by atoms with Crippen LogP contribution >= 0.6 is 0 Å². The fraction of sp³-hybridized carbons (Fsp3) is 0.148. The Labute approximate surface area is 211 Å². The molecule has 0 unspecified atom stereocenters. The van der Waals surface area contributed by atoms with Crippen LogP contribution in [0.5, 0.6) is 0 Å². The minimum absolute atomic E-state index is 0.0506. The van der Waals surface area contributed by atoms with Crippen molar-refractivity contribution in [3.63, 3.8) is 0 Å². The van der Waals surface area contributed by atoms with Crippen molar-refractivity contribution in [1.29, 1.82) is 0 Å². The fourth-order valence-electron chi connectivity index (χ4n) is 4.13. The number of para-hydroxylation sites is 1. The molecule has 5 aromatic rings. The number of carbonyl (C=O) groups is 1. The summed E-state index contributed by atoms with van der Waals surface area (Å²) in [5, 5.41) is 7.45. The van der Waals surface area contributed by atoms with Crippen molar-refractivity contribution in [3.05, 3.63) is 94.3 Å². The van der Waals surface area contributed by atoms with Crippen molar-refractivity contribution >= 4 is 28.3 Å². The monoisotopic (exact) mass is 493 g/mol. The summed E-state index contributed by atoms with van der Waals surface area (Å²) in [4.78, 5) is 36.2. The second-order valence-corrected chi connectivity index (χ2v) is 8.22. The number of amides is 1. The SMILES string of the molecule is COCC#Cc1cccc2nc([C@@H](C)NC(=O)c3c(N)nn4cccnc34)n(-c3ccccc3)c(=O)c12. The summed E-state index contributed by atoms with van der Waals surface area (Å²) in [6.45, 7) is 1.99. The lowest BCUT2D eigenvalue weighted by Gasteiger charge is -2.20. The normalized spacial score (nSPS) is 11.7. The van der Waals surface area contributed by atoms with E-state index in [1.807, 2.05) is 18.2 Å². The van der Waals surface area contributed by atoms with Crippen LogP contribution in [0.1, 0.15) is 34.7 Å². The molecule has 0 bridgehead atoms. The van der Waals surface area contributed by atoms with Gasteiger partial charge in [0, 0.05) is 25.1 Å². The molecule has 10 heteroatoms. The summed E-state index contributed by atoms with van der Waals surface area (Å²) in [5.74, 6) is 5.82. The maximum Gasteiger partial charge on any atom is 0.267 e. The van der Waals surface area contributed by atoms with Crippen LogP contribution in [0.2, 0.25) is 0 Å². The average molecular weight is 494 g/mol. The molecule has 5 rings (SSSR count). The molecule has 37 heavy (non-hydrogen) atoms. The first-order chi connectivity index (χ1) is 18.0. The van der Waals surface area contributed by atoms with Gasteiger partial charge in [-0.25, -0.2) is 14.5 Å². The molecule has 3 N–H and O–H groups in total. The van der Waals surface area contributed by atoms with Crippen molar-refractivity contribution in [3.8, 4) is 17.5 Å². The molecular weight excluding hydrogens is 470 g/mol. The standard InChI is InChI=1S/C27H23N7O3/c1-17(30-26(35)22-23(28)32-33-15-8-14-29-25(22)33)24-31-20-13-6-9-18(10-7-16-37-2)21(20)27(36)34(24)19-11-4-3-5-12-19/h3-6,8-9,11-15,17H,16H2,1-2H3,(H2,28,32)(H,30,35)/t17-/m1/s1. The quantitative estimate of drug-likeness (QED) is 0.360. The minimum Gasteiger partial charge on any atom is -0.381 e. The van der Waals surface area contributed by atoms with E-state index < -0.39 is 11.9 Å². The molecule has 3 aromatic heterocycles. The molecule has 1 amide bonds. The van der Waals surface area contributed by atoms with Gasteiger partial charge in [0.05, 0.1) is 22.6 Å². The molecule has 10 nitrogen and oxygen atoms in total. The van der Waals surface area contributed by atoms with E-state index in [4.69, 9.17) is 15.5 Å². The summed E-state index contributed by atoms with van der Waals surface area (Å²) in [5.41, 5.74) is 7.83. The Morgan fingerprint density at radius 3 is 2.76 bits per heavy atom. The van der Waals surface area contributed by atoms with Crippen LogP contribution in [0, 0.1) is 11.8 Å². The molecular formula is C27H23N7O3. The summed E-state index contributed by atoms with van der Waals surface area (Å²) in [7, 11) is 1.56. The first-order valence-electron chi connectivity index (χ1n) is 11.5. The zero-order valence-electron chi connectivity index (χ0n) is 20.2. The number of nitrogens with two attached hydrogens (primary N) is 1. The molecule has 0 aliphatic heterocycles. The first kappa shape index (κ1) is 23.7. The summed E-state index contributed by atoms with van der Waals surface area (Å²) in [6.07, 6.45) is 3.21. The number of carbonyl (C=O) groups excluding carboxylic acids is 1. The molecule has 0 radical (unpaired) electrons. The highest BCUT2D eigenvalue weighted by atomic mass is 16.5. The van der Waals surface area contributed by atoms with Gasteiger partial charge in [0.1, 0.15) is 18.0 Å². The number of ether oxygens (including phenoxy) is 1. The number of nitrogens with zero attached hydrogens (tertiary/aromatic N) is 5. The molecule has 184 valence electrons. The predicted octanol–water partition coefficient (Wildman–Crippen LogP) is 2.50. The molecule has 0 fully saturated rings. The number of fused-ring (bicyclic) bond motifs is 2. The predicted molar refractivity (Wildman–Crippen MR) is 139 cm³/mol. The van der Waals surface area contributed by atoms with E-state index in [2.05, 4.69) is 27.2 Å². The Kier molecular flexibility index (Phi) is 6.36. The van der Waals surface area contributed by atoms with Crippen molar-refractivity contribution in [2.24, 2.45) is 0 Å². The lowest BCUT2D eigenvalue weighted by Crippen LogP contribution is -2.33. The number of aromatic nitrogens is 5. The largest absolute Gasteiger partial charge is 0.381 e. The van der Waals surface area contributed by atoms with Crippen LogP contribution in [0.25, 0.3) is 22.2 Å². The number of nitrogens with one attached hydrogen (secondary N) is 1. The summed E-state index contributed by atoms with van der Waals surface area (Å²) in [6, 6.07) is 15.4. The molecule has 0 saturated heterocycles. The van der Waals surface area contributed by atoms with Gasteiger partial charge < -0.3 is 15.8 Å². The third kappa shape index (κ3) is 4.39. The zero-order chi connectivity index (χ0) is 25.9. The smallest absolute Gasteiger partial charge is 0.267 e. The van der Waals surface area contributed by atoms with Crippen molar-refractivity contribution in [1.82, 2.24) is 29.5 Å². The Morgan fingerprint density at radius 2 is 1.97 bits per heavy atom. The van der Waals surface area contributed by atoms with Gasteiger partial charge in [-0.3, -0.25) is 14.2 Å². The van der Waals surface area contributed by atoms with Crippen LogP contribution in [-0.2, 0) is 4.74 Å². The van der Waals surface area contributed by atoms with Crippen molar-refractivity contribution < 1.29 is 9.53 Å². The van der Waals surface area contributed by atoms with Gasteiger partial charge in [0.2, 0.25) is 0 Å². The van der Waals surface area contributed by atoms with E-state index in [9.17, 15) is 9.59 Å². The molecule has 1 atom stereocenters. The maximum atomic E-state index is 13.9. The molecule has 0 aliphatic carbocycles. The Bertz CT molecular complexity index is 1750. The van der Waals surface area contributed by atoms with Gasteiger partial charge in [0.25, 0.3) is 11.5 Å². The summed E-state index contributed by atoms with van der Waals surface area (Å²) >= 11 is 0. The Balaban J connectivity index is 1.64. The van der Waals surface area contributed by atoms with Gasteiger partial charge in [0.15, 0.2) is 11.5 Å². The van der Waals surface area contributed by atoms with Crippen LogP contribution in [0.15, 0.2) is 71.8 Å². The van der Waals surface area contributed by atoms with Gasteiger partial charge >= 0.3 is 0 Å². The molecule has 3 heterocycles. The molecule has 0 saturated carbocycles. The van der Waals surface area contributed by atoms with Crippen LogP contribution in [-0.4, -0.2) is 43.8 Å². The lowest BCUT2D eigenvalue weighted by atomic mass is 10.1. The van der Waals surface area contributed by atoms with E-state index in [1.165, 1.54) is 9.08 Å². The van der Waals surface area contributed by atoms with Gasteiger partial charge in [-0.05, 0) is 37.3 Å². The number of nitrogen functional groups attached to an aromatic ring is 1. The number of rotatable bonds is 5. The van der Waals surface area contributed by atoms with Gasteiger partial charge in [-0.15, -0.1) is 5.10 Å². The van der Waals surface area contributed by atoms with Gasteiger partial charge in [-0.1, -0.05) is 36.1 Å². The van der Waals surface area contributed by atoms with Gasteiger partial charge in [-0.2, -0.15) is 0 Å². The number of anilines is 1. The Morgan fingerprint density at radius 1 is 1.16 bits per heavy atom. The highest BCUT2D eigenvalue weighted by Crippen LogP contribution is 2.22. The number of hydrogen-bond donors (Lipinski definition) is 2. The van der Waals surface area contributed by atoms with E-state index in [0.717, 1.165) is 0 Å². The second kappa shape index (κ2) is 9.93. The number of methoxy groups -OCH3 is 1. The zero-order valence-corrected chi connectivity index (χ0v) is 20.2. The highest BCUT2D eigenvalue weighted by molar-refractivity contribution is 6.04. The van der Waals surface area contributed by atoms with Crippen molar-refractivity contribution in [2.75, 3.05) is 19.5 Å². The molecule has 2 aromatic carbocycles. The van der Waals surface area contributed by atoms with E-state index >= 15 is 0 Å². The average Bonchev–Trinajstić information content (AvgIpc) is 3.24. The topological polar surface area (TPSA) is 129 Å². The molecule has 0 spiro atoms. The third-order valence-electron chi connectivity index (χ3n) is 5.76. The van der Waals surface area contributed by atoms with E-state index in [-0.39, 0.29) is 23.5 Å². The van der Waals surface area contributed by atoms with Crippen LogP contribution < -0.4 is 16.6 Å². The third-order valence-corrected chi connectivity index (χ3v) is 5.76. The summed E-state index contributed by atoms with van der Waals surface area (Å²) < 4.78 is 7.95. The second-order valence-electron chi connectivity index (χ2n) is 8.22.